The topological polar surface area (TPSA) is 51.2 Å². The van der Waals surface area contributed by atoms with Crippen molar-refractivity contribution in [2.75, 3.05) is 33.5 Å². The van der Waals surface area contributed by atoms with Gasteiger partial charge in [0.2, 0.25) is 0 Å². The molecule has 5 heteroatoms. The van der Waals surface area contributed by atoms with E-state index < -0.39 is 0 Å². The lowest BCUT2D eigenvalue weighted by atomic mass is 9.79. The molecule has 2 fully saturated rings. The summed E-state index contributed by atoms with van der Waals surface area (Å²) in [7, 11) is 1.86. The molecule has 0 amide bonds. The third kappa shape index (κ3) is 3.31. The van der Waals surface area contributed by atoms with Crippen molar-refractivity contribution >= 4 is 0 Å². The number of rotatable bonds is 6. The number of methoxy groups -OCH3 is 1. The van der Waals surface area contributed by atoms with Crippen molar-refractivity contribution in [3.63, 3.8) is 0 Å². The van der Waals surface area contributed by atoms with Crippen LogP contribution in [0.3, 0.4) is 0 Å². The maximum Gasteiger partial charge on any atom is 0.122 e. The van der Waals surface area contributed by atoms with E-state index in [1.165, 1.54) is 11.1 Å². The maximum atomic E-state index is 9.03. The summed E-state index contributed by atoms with van der Waals surface area (Å²) in [5.74, 6) is 1.05. The average molecular weight is 347 g/mol. The van der Waals surface area contributed by atoms with E-state index >= 15 is 0 Å². The molecule has 0 bridgehead atoms. The van der Waals surface area contributed by atoms with Crippen LogP contribution >= 0.6 is 0 Å². The van der Waals surface area contributed by atoms with Crippen molar-refractivity contribution in [1.82, 2.24) is 4.90 Å². The molecule has 5 nitrogen and oxygen atoms in total. The highest BCUT2D eigenvalue weighted by Gasteiger charge is 2.51. The number of nitrogens with zero attached hydrogens (tertiary/aromatic N) is 1. The summed E-state index contributed by atoms with van der Waals surface area (Å²) in [6, 6.07) is 7.00. The van der Waals surface area contributed by atoms with Crippen molar-refractivity contribution in [3.05, 3.63) is 29.3 Å². The zero-order chi connectivity index (χ0) is 17.3. The predicted octanol–water partition coefficient (Wildman–Crippen LogP) is 2.14. The summed E-state index contributed by atoms with van der Waals surface area (Å²) in [5, 5.41) is 9.03. The van der Waals surface area contributed by atoms with E-state index in [1.807, 2.05) is 7.11 Å². The first-order valence-electron chi connectivity index (χ1n) is 9.50. The Kier molecular flexibility index (Phi) is 5.00. The summed E-state index contributed by atoms with van der Waals surface area (Å²) in [6.07, 6.45) is 5.39. The van der Waals surface area contributed by atoms with E-state index in [0.717, 1.165) is 57.6 Å². The quantitative estimate of drug-likeness (QED) is 0.854. The van der Waals surface area contributed by atoms with Gasteiger partial charge in [-0.2, -0.15) is 0 Å². The minimum Gasteiger partial charge on any atom is -0.493 e. The largest absolute Gasteiger partial charge is 0.493 e. The minimum atomic E-state index is -0.0289. The zero-order valence-electron chi connectivity index (χ0n) is 15.1. The van der Waals surface area contributed by atoms with E-state index in [1.54, 1.807) is 0 Å². The van der Waals surface area contributed by atoms with Crippen molar-refractivity contribution in [2.45, 2.75) is 56.4 Å². The van der Waals surface area contributed by atoms with E-state index in [0.29, 0.717) is 12.6 Å². The van der Waals surface area contributed by atoms with Crippen molar-refractivity contribution in [1.29, 1.82) is 0 Å². The van der Waals surface area contributed by atoms with Crippen molar-refractivity contribution in [3.8, 4) is 5.75 Å². The van der Waals surface area contributed by atoms with Crippen LogP contribution in [0.15, 0.2) is 18.2 Å². The standard InChI is InChI=1S/C20H29NO4/c1-23-20-6-4-17(24-11-9-22)13-19(20)21(8-7-20)14-15-2-3-18-16(12-15)5-10-25-18/h2-3,12,17,19,22H,4-11,13-14H2,1H3/t17-,19-,20+/m0/s1. The highest BCUT2D eigenvalue weighted by atomic mass is 16.5. The monoisotopic (exact) mass is 347 g/mol. The van der Waals surface area contributed by atoms with Gasteiger partial charge >= 0.3 is 0 Å². The third-order valence-electron chi connectivity index (χ3n) is 6.24. The maximum absolute atomic E-state index is 9.03. The van der Waals surface area contributed by atoms with Crippen LogP contribution < -0.4 is 4.74 Å². The van der Waals surface area contributed by atoms with Gasteiger partial charge in [0.15, 0.2) is 0 Å². The summed E-state index contributed by atoms with van der Waals surface area (Å²) in [5.41, 5.74) is 2.66. The Balaban J connectivity index is 1.47. The number of hydrogen-bond donors (Lipinski definition) is 1. The molecule has 25 heavy (non-hydrogen) atoms. The predicted molar refractivity (Wildman–Crippen MR) is 94.9 cm³/mol. The number of ether oxygens (including phenoxy) is 3. The van der Waals surface area contributed by atoms with Crippen LogP contribution in [0.4, 0.5) is 0 Å². The molecule has 3 aliphatic rings. The second-order valence-electron chi connectivity index (χ2n) is 7.54. The normalized spacial score (nSPS) is 31.6. The summed E-state index contributed by atoms with van der Waals surface area (Å²) in [4.78, 5) is 2.56. The number of likely N-dealkylation sites (tertiary alicyclic amines) is 1. The van der Waals surface area contributed by atoms with E-state index in [9.17, 15) is 0 Å². The fraction of sp³-hybridized carbons (Fsp3) is 0.700. The molecule has 0 aromatic heterocycles. The molecule has 4 rings (SSSR count). The van der Waals surface area contributed by atoms with Crippen LogP contribution in [-0.2, 0) is 22.4 Å². The lowest BCUT2D eigenvalue weighted by Crippen LogP contribution is -2.51. The molecule has 0 spiro atoms. The van der Waals surface area contributed by atoms with E-state index in [-0.39, 0.29) is 18.3 Å². The summed E-state index contributed by atoms with van der Waals surface area (Å²) < 4.78 is 17.5. The molecular formula is C20H29NO4. The fourth-order valence-electron chi connectivity index (χ4n) is 4.89. The van der Waals surface area contributed by atoms with Gasteiger partial charge in [-0.1, -0.05) is 12.1 Å². The smallest absolute Gasteiger partial charge is 0.122 e. The molecule has 1 saturated heterocycles. The molecule has 1 saturated carbocycles. The minimum absolute atomic E-state index is 0.0289. The van der Waals surface area contributed by atoms with Crippen LogP contribution in [0.1, 0.15) is 36.8 Å². The SMILES string of the molecule is CO[C@@]12CC[C@H](OCCO)C[C@@H]1N(Cc1ccc3c(c1)CCO3)CC2. The Bertz CT molecular complexity index is 607. The number of aliphatic hydroxyl groups excluding tert-OH is 1. The van der Waals surface area contributed by atoms with Crippen molar-refractivity contribution in [2.24, 2.45) is 0 Å². The first-order chi connectivity index (χ1) is 12.2. The Morgan fingerprint density at radius 2 is 2.28 bits per heavy atom. The molecule has 2 aliphatic heterocycles. The lowest BCUT2D eigenvalue weighted by molar-refractivity contribution is -0.104. The number of aliphatic hydroxyl groups is 1. The van der Waals surface area contributed by atoms with Gasteiger partial charge in [0.1, 0.15) is 5.75 Å². The van der Waals surface area contributed by atoms with E-state index in [4.69, 9.17) is 19.3 Å². The molecule has 138 valence electrons. The van der Waals surface area contributed by atoms with Gasteiger partial charge in [0, 0.05) is 32.7 Å². The first-order valence-corrected chi connectivity index (χ1v) is 9.50. The molecule has 1 aromatic rings. The molecule has 0 unspecified atom stereocenters. The number of fused-ring (bicyclic) bond motifs is 2. The molecule has 1 aromatic carbocycles. The van der Waals surface area contributed by atoms with E-state index in [2.05, 4.69) is 23.1 Å². The highest BCUT2D eigenvalue weighted by Crippen LogP contribution is 2.43. The van der Waals surface area contributed by atoms with Gasteiger partial charge in [0.05, 0.1) is 31.5 Å². The third-order valence-corrected chi connectivity index (χ3v) is 6.24. The van der Waals surface area contributed by atoms with Crippen LogP contribution in [0, 0.1) is 0 Å². The summed E-state index contributed by atoms with van der Waals surface area (Å²) >= 11 is 0. The molecule has 2 heterocycles. The van der Waals surface area contributed by atoms with Gasteiger partial charge < -0.3 is 19.3 Å². The van der Waals surface area contributed by atoms with Gasteiger partial charge in [-0.05, 0) is 42.9 Å². The molecule has 0 radical (unpaired) electrons. The Labute approximate surface area is 149 Å². The average Bonchev–Trinajstić information content (AvgIpc) is 3.25. The van der Waals surface area contributed by atoms with Crippen LogP contribution in [0.5, 0.6) is 5.75 Å². The zero-order valence-corrected chi connectivity index (χ0v) is 15.1. The van der Waals surface area contributed by atoms with Crippen LogP contribution in [0.2, 0.25) is 0 Å². The highest BCUT2D eigenvalue weighted by molar-refractivity contribution is 5.39. The Morgan fingerprint density at radius 1 is 1.36 bits per heavy atom. The molecular weight excluding hydrogens is 318 g/mol. The van der Waals surface area contributed by atoms with Gasteiger partial charge in [-0.15, -0.1) is 0 Å². The van der Waals surface area contributed by atoms with Crippen LogP contribution in [-0.4, -0.2) is 61.2 Å². The molecule has 3 atom stereocenters. The Hall–Kier alpha value is -1.14. The van der Waals surface area contributed by atoms with Crippen molar-refractivity contribution < 1.29 is 19.3 Å². The Morgan fingerprint density at radius 3 is 3.12 bits per heavy atom. The molecule has 1 aliphatic carbocycles. The van der Waals surface area contributed by atoms with Gasteiger partial charge in [0.25, 0.3) is 0 Å². The lowest BCUT2D eigenvalue weighted by Gasteiger charge is -2.43. The second-order valence-corrected chi connectivity index (χ2v) is 7.54. The summed E-state index contributed by atoms with van der Waals surface area (Å²) in [6.45, 7) is 3.36. The fourth-order valence-corrected chi connectivity index (χ4v) is 4.89. The second kappa shape index (κ2) is 7.23. The number of hydrogen-bond acceptors (Lipinski definition) is 5. The number of benzene rings is 1. The molecule has 1 N–H and O–H groups in total. The van der Waals surface area contributed by atoms with Crippen LogP contribution in [0.25, 0.3) is 0 Å². The first kappa shape index (κ1) is 17.3. The van der Waals surface area contributed by atoms with Gasteiger partial charge in [-0.3, -0.25) is 4.90 Å². The van der Waals surface area contributed by atoms with Gasteiger partial charge in [-0.25, -0.2) is 0 Å².